The Balaban J connectivity index is 3.80. The van der Waals surface area contributed by atoms with Gasteiger partial charge in [0.05, 0.1) is 0 Å². The predicted molar refractivity (Wildman–Crippen MR) is 60.2 cm³/mol. The standard InChI is InChI=1S/C10H20O3Si/c1-4-9(14-13-3)7-5-6-8(2)10(11)12/h6,9H,4-5,7,14H2,1-3H3,(H,11,12)/b8-6+. The highest BCUT2D eigenvalue weighted by Gasteiger charge is 2.06. The molecular weight excluding hydrogens is 196 g/mol. The summed E-state index contributed by atoms with van der Waals surface area (Å²) in [4.78, 5) is 10.5. The molecule has 0 radical (unpaired) electrons. The van der Waals surface area contributed by atoms with Crippen molar-refractivity contribution in [3.63, 3.8) is 0 Å². The van der Waals surface area contributed by atoms with Crippen LogP contribution >= 0.6 is 0 Å². The first kappa shape index (κ1) is 13.4. The summed E-state index contributed by atoms with van der Waals surface area (Å²) in [7, 11) is 1.35. The fourth-order valence-corrected chi connectivity index (χ4v) is 2.37. The minimum absolute atomic E-state index is 0.405. The lowest BCUT2D eigenvalue weighted by atomic mass is 10.1. The van der Waals surface area contributed by atoms with Gasteiger partial charge in [-0.15, -0.1) is 0 Å². The Morgan fingerprint density at radius 2 is 2.29 bits per heavy atom. The summed E-state index contributed by atoms with van der Waals surface area (Å²) in [5.74, 6) is -0.818. The van der Waals surface area contributed by atoms with E-state index in [1.165, 1.54) is 0 Å². The zero-order valence-electron chi connectivity index (χ0n) is 9.25. The van der Waals surface area contributed by atoms with E-state index in [0.717, 1.165) is 19.3 Å². The van der Waals surface area contributed by atoms with Gasteiger partial charge in [0.1, 0.15) is 0 Å². The number of allylic oxidation sites excluding steroid dienone is 1. The van der Waals surface area contributed by atoms with Gasteiger partial charge >= 0.3 is 5.97 Å². The Labute approximate surface area is 88.1 Å². The molecule has 0 aromatic rings. The van der Waals surface area contributed by atoms with Gasteiger partial charge in [0.15, 0.2) is 9.76 Å². The van der Waals surface area contributed by atoms with Crippen molar-refractivity contribution in [2.45, 2.75) is 38.7 Å². The van der Waals surface area contributed by atoms with Gasteiger partial charge in [-0.1, -0.05) is 19.4 Å². The van der Waals surface area contributed by atoms with Crippen molar-refractivity contribution in [3.05, 3.63) is 11.6 Å². The minimum atomic E-state index is -0.818. The first-order valence-electron chi connectivity index (χ1n) is 5.00. The van der Waals surface area contributed by atoms with E-state index in [9.17, 15) is 4.79 Å². The number of carbonyl (C=O) groups is 1. The molecule has 0 aliphatic heterocycles. The minimum Gasteiger partial charge on any atom is -0.478 e. The van der Waals surface area contributed by atoms with Crippen LogP contribution < -0.4 is 0 Å². The molecule has 4 heteroatoms. The molecular formula is C10H20O3Si. The fourth-order valence-electron chi connectivity index (χ4n) is 1.26. The van der Waals surface area contributed by atoms with Crippen LogP contribution in [-0.4, -0.2) is 27.9 Å². The lowest BCUT2D eigenvalue weighted by molar-refractivity contribution is -0.132. The van der Waals surface area contributed by atoms with Gasteiger partial charge < -0.3 is 9.53 Å². The summed E-state index contributed by atoms with van der Waals surface area (Å²) in [5, 5.41) is 8.62. The smallest absolute Gasteiger partial charge is 0.330 e. The highest BCUT2D eigenvalue weighted by molar-refractivity contribution is 6.29. The summed E-state index contributed by atoms with van der Waals surface area (Å²) >= 11 is 0. The van der Waals surface area contributed by atoms with E-state index in [2.05, 4.69) is 6.92 Å². The topological polar surface area (TPSA) is 46.5 Å². The molecule has 0 saturated carbocycles. The molecule has 0 aliphatic rings. The summed E-state index contributed by atoms with van der Waals surface area (Å²) in [5.41, 5.74) is 1.12. The lowest BCUT2D eigenvalue weighted by Crippen LogP contribution is -2.05. The van der Waals surface area contributed by atoms with Crippen molar-refractivity contribution < 1.29 is 14.3 Å². The lowest BCUT2D eigenvalue weighted by Gasteiger charge is -2.10. The van der Waals surface area contributed by atoms with Gasteiger partial charge in [0.2, 0.25) is 0 Å². The van der Waals surface area contributed by atoms with Crippen molar-refractivity contribution in [2.24, 2.45) is 0 Å². The molecule has 1 N–H and O–H groups in total. The maximum absolute atomic E-state index is 10.5. The van der Waals surface area contributed by atoms with E-state index in [-0.39, 0.29) is 0 Å². The normalized spacial score (nSPS) is 14.9. The monoisotopic (exact) mass is 216 g/mol. The fraction of sp³-hybridized carbons (Fsp3) is 0.700. The highest BCUT2D eigenvalue weighted by atomic mass is 28.2. The largest absolute Gasteiger partial charge is 0.478 e. The van der Waals surface area contributed by atoms with Crippen LogP contribution in [0.25, 0.3) is 0 Å². The Morgan fingerprint density at radius 3 is 2.71 bits per heavy atom. The van der Waals surface area contributed by atoms with Crippen LogP contribution in [0.15, 0.2) is 11.6 Å². The predicted octanol–water partition coefficient (Wildman–Crippen LogP) is 1.73. The third-order valence-corrected chi connectivity index (χ3v) is 4.13. The molecule has 0 aliphatic carbocycles. The molecule has 1 unspecified atom stereocenters. The second kappa shape index (κ2) is 7.76. The molecule has 3 nitrogen and oxygen atoms in total. The van der Waals surface area contributed by atoms with Crippen LogP contribution in [0.4, 0.5) is 0 Å². The molecule has 0 saturated heterocycles. The molecule has 0 spiro atoms. The number of hydrogen-bond acceptors (Lipinski definition) is 2. The van der Waals surface area contributed by atoms with E-state index in [4.69, 9.17) is 9.53 Å². The van der Waals surface area contributed by atoms with E-state index in [1.54, 1.807) is 20.1 Å². The molecule has 0 aromatic carbocycles. The molecule has 82 valence electrons. The van der Waals surface area contributed by atoms with E-state index >= 15 is 0 Å². The molecule has 14 heavy (non-hydrogen) atoms. The molecule has 0 heterocycles. The van der Waals surface area contributed by atoms with Crippen LogP contribution in [0.1, 0.15) is 33.1 Å². The molecule has 0 fully saturated rings. The number of hydrogen-bond donors (Lipinski definition) is 1. The number of carboxylic acid groups (broad SMARTS) is 1. The number of carboxylic acids is 1. The third kappa shape index (κ3) is 5.94. The average Bonchev–Trinajstić information content (AvgIpc) is 2.16. The first-order chi connectivity index (χ1) is 6.61. The molecule has 1 atom stereocenters. The zero-order valence-corrected chi connectivity index (χ0v) is 10.7. The second-order valence-corrected chi connectivity index (χ2v) is 5.56. The van der Waals surface area contributed by atoms with Crippen LogP contribution in [0.3, 0.4) is 0 Å². The van der Waals surface area contributed by atoms with Gasteiger partial charge in [-0.25, -0.2) is 4.79 Å². The summed E-state index contributed by atoms with van der Waals surface area (Å²) < 4.78 is 5.20. The summed E-state index contributed by atoms with van der Waals surface area (Å²) in [6, 6.07) is 0. The Bertz CT molecular complexity index is 202. The summed E-state index contributed by atoms with van der Waals surface area (Å²) in [6.07, 6.45) is 4.85. The van der Waals surface area contributed by atoms with Gasteiger partial charge in [-0.05, 0) is 25.3 Å². The molecule has 0 bridgehead atoms. The third-order valence-electron chi connectivity index (χ3n) is 2.34. The Hall–Kier alpha value is -0.613. The van der Waals surface area contributed by atoms with Crippen molar-refractivity contribution in [1.29, 1.82) is 0 Å². The first-order valence-corrected chi connectivity index (χ1v) is 6.40. The van der Waals surface area contributed by atoms with Crippen molar-refractivity contribution >= 4 is 15.7 Å². The number of rotatable bonds is 7. The Morgan fingerprint density at radius 1 is 1.64 bits per heavy atom. The van der Waals surface area contributed by atoms with Gasteiger partial charge in [0.25, 0.3) is 0 Å². The molecule has 0 amide bonds. The number of aliphatic carboxylic acids is 1. The highest BCUT2D eigenvalue weighted by Crippen LogP contribution is 2.17. The van der Waals surface area contributed by atoms with E-state index in [0.29, 0.717) is 11.1 Å². The average molecular weight is 216 g/mol. The van der Waals surface area contributed by atoms with Crippen molar-refractivity contribution in [1.82, 2.24) is 0 Å². The van der Waals surface area contributed by atoms with Gasteiger partial charge in [-0.2, -0.15) is 0 Å². The second-order valence-electron chi connectivity index (χ2n) is 3.50. The van der Waals surface area contributed by atoms with E-state index in [1.807, 2.05) is 0 Å². The van der Waals surface area contributed by atoms with Crippen LogP contribution in [0.2, 0.25) is 5.54 Å². The van der Waals surface area contributed by atoms with Crippen LogP contribution in [0, 0.1) is 0 Å². The molecule has 0 rings (SSSR count). The van der Waals surface area contributed by atoms with Gasteiger partial charge in [-0.3, -0.25) is 0 Å². The Kier molecular flexibility index (Phi) is 7.42. The summed E-state index contributed by atoms with van der Waals surface area (Å²) in [6.45, 7) is 3.79. The van der Waals surface area contributed by atoms with Crippen LogP contribution in [-0.2, 0) is 9.22 Å². The maximum Gasteiger partial charge on any atom is 0.330 e. The van der Waals surface area contributed by atoms with E-state index < -0.39 is 15.7 Å². The zero-order chi connectivity index (χ0) is 11.0. The molecule has 0 aromatic heterocycles. The van der Waals surface area contributed by atoms with Crippen LogP contribution in [0.5, 0.6) is 0 Å². The SMILES string of the molecule is CCC(CC/C=C(\C)C(=O)O)[SiH2]OC. The maximum atomic E-state index is 10.5. The van der Waals surface area contributed by atoms with Gasteiger partial charge in [0, 0.05) is 12.7 Å². The quantitative estimate of drug-likeness (QED) is 0.521. The van der Waals surface area contributed by atoms with Crippen molar-refractivity contribution in [2.75, 3.05) is 7.11 Å². The van der Waals surface area contributed by atoms with Crippen molar-refractivity contribution in [3.8, 4) is 0 Å².